The largest absolute Gasteiger partial charge is 0.387 e. The summed E-state index contributed by atoms with van der Waals surface area (Å²) >= 11 is 0. The summed E-state index contributed by atoms with van der Waals surface area (Å²) in [5, 5.41) is 27.5. The molecule has 0 spiro atoms. The van der Waals surface area contributed by atoms with Crippen LogP contribution in [0.25, 0.3) is 11.2 Å². The van der Waals surface area contributed by atoms with E-state index in [0.717, 1.165) is 12.1 Å². The fourth-order valence-corrected chi connectivity index (χ4v) is 4.86. The third-order valence-electron chi connectivity index (χ3n) is 7.54. The van der Waals surface area contributed by atoms with Crippen LogP contribution in [-0.2, 0) is 10.2 Å². The number of hydrogen-bond acceptors (Lipinski definition) is 9. The Balaban J connectivity index is 1.30. The zero-order chi connectivity index (χ0) is 29.0. The lowest BCUT2D eigenvalue weighted by atomic mass is 9.87. The Bertz CT molecular complexity index is 1280. The SMILES string of the molecule is CCC(C)N(CCCNC(=O)Nc1ccc(C(C)(C)C)cc1)C[C@H]1O[C@@H](n2cnc3c(N)ncnc32)[C@H](O)[C@@H]1O. The average Bonchev–Trinajstić information content (AvgIpc) is 3.47. The number of ether oxygens (including phenoxy) is 1. The maximum absolute atomic E-state index is 12.4. The molecular weight excluding hydrogens is 512 g/mol. The molecule has 1 unspecified atom stereocenters. The van der Waals surface area contributed by atoms with Crippen LogP contribution >= 0.6 is 0 Å². The number of nitrogen functional groups attached to an aromatic ring is 1. The molecular formula is C28H42N8O4. The van der Waals surface area contributed by atoms with Crippen LogP contribution in [-0.4, -0.2) is 84.7 Å². The first-order valence-corrected chi connectivity index (χ1v) is 13.8. The normalized spacial score (nSPS) is 22.1. The molecule has 12 nitrogen and oxygen atoms in total. The molecule has 218 valence electrons. The lowest BCUT2D eigenvalue weighted by Gasteiger charge is -2.31. The van der Waals surface area contributed by atoms with Crippen molar-refractivity contribution in [2.24, 2.45) is 0 Å². The van der Waals surface area contributed by atoms with Gasteiger partial charge in [-0.3, -0.25) is 9.47 Å². The molecule has 0 radical (unpaired) electrons. The van der Waals surface area contributed by atoms with Crippen LogP contribution in [0.3, 0.4) is 0 Å². The number of aliphatic hydroxyl groups excluding tert-OH is 2. The minimum absolute atomic E-state index is 0.0538. The molecule has 3 aromatic rings. The Labute approximate surface area is 235 Å². The quantitative estimate of drug-likeness (QED) is 0.237. The summed E-state index contributed by atoms with van der Waals surface area (Å²) in [6.45, 7) is 12.2. The summed E-state index contributed by atoms with van der Waals surface area (Å²) in [6.07, 6.45) is 0.668. The molecule has 0 bridgehead atoms. The summed E-state index contributed by atoms with van der Waals surface area (Å²) in [6, 6.07) is 7.83. The smallest absolute Gasteiger partial charge is 0.319 e. The van der Waals surface area contributed by atoms with Crippen LogP contribution in [0.1, 0.15) is 59.3 Å². The molecule has 1 aliphatic heterocycles. The second-order valence-electron chi connectivity index (χ2n) is 11.4. The van der Waals surface area contributed by atoms with Gasteiger partial charge in [0.15, 0.2) is 17.7 Å². The molecule has 2 aromatic heterocycles. The first-order valence-electron chi connectivity index (χ1n) is 13.8. The Morgan fingerprint density at radius 3 is 2.58 bits per heavy atom. The molecule has 4 rings (SSSR count). The number of aliphatic hydroxyl groups is 2. The molecule has 12 heteroatoms. The third-order valence-corrected chi connectivity index (χ3v) is 7.54. The number of carbonyl (C=O) groups excluding carboxylic acids is 1. The van der Waals surface area contributed by atoms with Gasteiger partial charge in [-0.15, -0.1) is 0 Å². The molecule has 1 saturated heterocycles. The van der Waals surface area contributed by atoms with Crippen molar-refractivity contribution in [2.75, 3.05) is 30.7 Å². The summed E-state index contributed by atoms with van der Waals surface area (Å²) < 4.78 is 7.72. The number of nitrogens with zero attached hydrogens (tertiary/aromatic N) is 5. The van der Waals surface area contributed by atoms with E-state index in [-0.39, 0.29) is 23.3 Å². The van der Waals surface area contributed by atoms with Crippen LogP contribution < -0.4 is 16.4 Å². The van der Waals surface area contributed by atoms with Crippen LogP contribution in [0, 0.1) is 0 Å². The van der Waals surface area contributed by atoms with Gasteiger partial charge >= 0.3 is 6.03 Å². The summed E-state index contributed by atoms with van der Waals surface area (Å²) in [5.41, 5.74) is 8.73. The van der Waals surface area contributed by atoms with E-state index in [2.05, 4.69) is 65.1 Å². The van der Waals surface area contributed by atoms with Gasteiger partial charge in [0.25, 0.3) is 0 Å². The lowest BCUT2D eigenvalue weighted by molar-refractivity contribution is -0.0476. The topological polar surface area (TPSA) is 164 Å². The Morgan fingerprint density at radius 2 is 1.90 bits per heavy atom. The van der Waals surface area contributed by atoms with Gasteiger partial charge < -0.3 is 31.3 Å². The zero-order valence-electron chi connectivity index (χ0n) is 23.9. The van der Waals surface area contributed by atoms with Crippen molar-refractivity contribution in [3.05, 3.63) is 42.5 Å². The molecule has 2 amide bonds. The number of rotatable bonds is 10. The Morgan fingerprint density at radius 1 is 1.18 bits per heavy atom. The fourth-order valence-electron chi connectivity index (χ4n) is 4.86. The van der Waals surface area contributed by atoms with Gasteiger partial charge in [0.1, 0.15) is 30.2 Å². The zero-order valence-corrected chi connectivity index (χ0v) is 23.9. The van der Waals surface area contributed by atoms with Crippen LogP contribution in [0.4, 0.5) is 16.3 Å². The standard InChI is InChI=1S/C28H42N8O4/c1-6-17(2)35(13-7-12-30-27(39)34-19-10-8-18(9-11-19)28(3,4)5)14-20-22(37)23(38)26(40-20)36-16-33-21-24(29)31-15-32-25(21)36/h8-11,15-17,20,22-23,26,37-38H,6-7,12-14H2,1-5H3,(H2,29,31,32)(H2,30,34,39)/t17?,20-,22-,23-,26-/m1/s1. The number of nitrogens with one attached hydrogen (secondary N) is 2. The van der Waals surface area contributed by atoms with Crippen LogP contribution in [0.15, 0.2) is 36.9 Å². The van der Waals surface area contributed by atoms with Crippen molar-refractivity contribution in [3.8, 4) is 0 Å². The first kappa shape index (κ1) is 29.7. The Hall–Kier alpha value is -3.32. The monoisotopic (exact) mass is 554 g/mol. The van der Waals surface area contributed by atoms with E-state index >= 15 is 0 Å². The number of amides is 2. The second-order valence-corrected chi connectivity index (χ2v) is 11.4. The highest BCUT2D eigenvalue weighted by molar-refractivity contribution is 5.89. The van der Waals surface area contributed by atoms with E-state index < -0.39 is 24.5 Å². The number of carbonyl (C=O) groups is 1. The molecule has 1 aromatic carbocycles. The van der Waals surface area contributed by atoms with Crippen molar-refractivity contribution >= 4 is 28.7 Å². The summed E-state index contributed by atoms with van der Waals surface area (Å²) in [4.78, 5) is 27.0. The minimum Gasteiger partial charge on any atom is -0.387 e. The number of urea groups is 1. The maximum Gasteiger partial charge on any atom is 0.319 e. The number of aromatic nitrogens is 4. The number of imidazole rings is 1. The van der Waals surface area contributed by atoms with Crippen molar-refractivity contribution in [1.82, 2.24) is 29.7 Å². The summed E-state index contributed by atoms with van der Waals surface area (Å²) in [7, 11) is 0. The molecule has 6 N–H and O–H groups in total. The van der Waals surface area contributed by atoms with E-state index in [1.54, 1.807) is 4.57 Å². The van der Waals surface area contributed by atoms with Gasteiger partial charge in [-0.2, -0.15) is 0 Å². The number of hydrogen-bond donors (Lipinski definition) is 5. The highest BCUT2D eigenvalue weighted by Gasteiger charge is 2.45. The van der Waals surface area contributed by atoms with Gasteiger partial charge in [0.2, 0.25) is 0 Å². The number of fused-ring (bicyclic) bond motifs is 1. The maximum atomic E-state index is 12.4. The van der Waals surface area contributed by atoms with Gasteiger partial charge in [0.05, 0.1) is 6.33 Å². The molecule has 40 heavy (non-hydrogen) atoms. The second kappa shape index (κ2) is 12.5. The van der Waals surface area contributed by atoms with E-state index in [9.17, 15) is 15.0 Å². The predicted molar refractivity (Wildman–Crippen MR) is 154 cm³/mol. The van der Waals surface area contributed by atoms with E-state index in [1.807, 2.05) is 24.3 Å². The highest BCUT2D eigenvalue weighted by atomic mass is 16.6. The van der Waals surface area contributed by atoms with Crippen LogP contribution in [0.5, 0.6) is 0 Å². The number of benzene rings is 1. The Kier molecular flexibility index (Phi) is 9.24. The third kappa shape index (κ3) is 6.69. The molecule has 1 aliphatic rings. The van der Waals surface area contributed by atoms with Gasteiger partial charge in [-0.25, -0.2) is 19.7 Å². The van der Waals surface area contributed by atoms with E-state index in [1.165, 1.54) is 18.2 Å². The number of anilines is 2. The lowest BCUT2D eigenvalue weighted by Crippen LogP contribution is -2.44. The molecule has 1 fully saturated rings. The average molecular weight is 555 g/mol. The van der Waals surface area contributed by atoms with Crippen LogP contribution in [0.2, 0.25) is 0 Å². The van der Waals surface area contributed by atoms with Gasteiger partial charge in [-0.1, -0.05) is 39.8 Å². The predicted octanol–water partition coefficient (Wildman–Crippen LogP) is 2.64. The molecule has 0 aliphatic carbocycles. The minimum atomic E-state index is -1.17. The van der Waals surface area contributed by atoms with Crippen molar-refractivity contribution in [3.63, 3.8) is 0 Å². The molecule has 3 heterocycles. The van der Waals surface area contributed by atoms with Crippen molar-refractivity contribution in [2.45, 2.75) is 83.5 Å². The van der Waals surface area contributed by atoms with Crippen molar-refractivity contribution < 1.29 is 19.7 Å². The molecule has 5 atom stereocenters. The fraction of sp³-hybridized carbons (Fsp3) is 0.571. The molecule has 0 saturated carbocycles. The van der Waals surface area contributed by atoms with Gasteiger partial charge in [0, 0.05) is 31.4 Å². The first-order chi connectivity index (χ1) is 19.0. The number of nitrogens with two attached hydrogens (primary N) is 1. The van der Waals surface area contributed by atoms with E-state index in [4.69, 9.17) is 10.5 Å². The van der Waals surface area contributed by atoms with E-state index in [0.29, 0.717) is 37.2 Å². The highest BCUT2D eigenvalue weighted by Crippen LogP contribution is 2.32. The van der Waals surface area contributed by atoms with Gasteiger partial charge in [-0.05, 0) is 42.9 Å². The van der Waals surface area contributed by atoms with Crippen molar-refractivity contribution in [1.29, 1.82) is 0 Å². The summed E-state index contributed by atoms with van der Waals surface area (Å²) in [5.74, 6) is 0.233.